The minimum absolute atomic E-state index is 0.0669. The van der Waals surface area contributed by atoms with E-state index in [4.69, 9.17) is 0 Å². The zero-order chi connectivity index (χ0) is 15.0. The molecule has 1 atom stereocenters. The van der Waals surface area contributed by atoms with Crippen LogP contribution in [0.2, 0.25) is 0 Å². The first kappa shape index (κ1) is 16.1. The van der Waals surface area contributed by atoms with E-state index in [1.54, 1.807) is 6.20 Å². The fourth-order valence-corrected chi connectivity index (χ4v) is 1.91. The van der Waals surface area contributed by atoms with Crippen LogP contribution in [0.5, 0.6) is 0 Å². The van der Waals surface area contributed by atoms with E-state index < -0.39 is 6.04 Å². The topological polar surface area (TPSA) is 71.1 Å². The number of carbonyl (C=O) groups is 2. The van der Waals surface area contributed by atoms with Gasteiger partial charge in [-0.3, -0.25) is 14.6 Å². The molecule has 0 aliphatic heterocycles. The van der Waals surface area contributed by atoms with Gasteiger partial charge in [0.1, 0.15) is 6.04 Å². The molecule has 0 fully saturated rings. The van der Waals surface area contributed by atoms with Crippen LogP contribution in [-0.2, 0) is 16.0 Å². The molecule has 1 aromatic heterocycles. The summed E-state index contributed by atoms with van der Waals surface area (Å²) >= 11 is 0. The summed E-state index contributed by atoms with van der Waals surface area (Å²) in [6.45, 7) is 5.84. The van der Waals surface area contributed by atoms with Crippen LogP contribution in [0.25, 0.3) is 0 Å². The number of amides is 2. The molecule has 2 N–H and O–H groups in total. The van der Waals surface area contributed by atoms with Crippen LogP contribution in [0.3, 0.4) is 0 Å². The number of hydrogen-bond acceptors (Lipinski definition) is 3. The number of nitrogens with one attached hydrogen (secondary N) is 2. The third-order valence-electron chi connectivity index (χ3n) is 2.97. The van der Waals surface area contributed by atoms with Crippen LogP contribution in [0.1, 0.15) is 32.8 Å². The van der Waals surface area contributed by atoms with E-state index in [9.17, 15) is 9.59 Å². The van der Waals surface area contributed by atoms with Crippen LogP contribution >= 0.6 is 0 Å². The van der Waals surface area contributed by atoms with E-state index in [0.29, 0.717) is 6.54 Å². The summed E-state index contributed by atoms with van der Waals surface area (Å²) < 4.78 is 0. The van der Waals surface area contributed by atoms with Crippen molar-refractivity contribution in [1.29, 1.82) is 0 Å². The van der Waals surface area contributed by atoms with Gasteiger partial charge in [-0.1, -0.05) is 19.9 Å². The number of rotatable bonds is 7. The summed E-state index contributed by atoms with van der Waals surface area (Å²) in [5, 5.41) is 5.54. The summed E-state index contributed by atoms with van der Waals surface area (Å²) in [7, 11) is 0. The van der Waals surface area contributed by atoms with E-state index in [1.807, 2.05) is 32.2 Å². The lowest BCUT2D eigenvalue weighted by atomic mass is 10.0. The van der Waals surface area contributed by atoms with Crippen molar-refractivity contribution >= 4 is 11.8 Å². The van der Waals surface area contributed by atoms with Gasteiger partial charge in [-0.05, 0) is 30.4 Å². The fourth-order valence-electron chi connectivity index (χ4n) is 1.91. The zero-order valence-corrected chi connectivity index (χ0v) is 12.3. The van der Waals surface area contributed by atoms with E-state index >= 15 is 0 Å². The molecule has 0 saturated heterocycles. The monoisotopic (exact) mass is 277 g/mol. The Morgan fingerprint density at radius 1 is 1.35 bits per heavy atom. The van der Waals surface area contributed by atoms with Crippen LogP contribution in [0.15, 0.2) is 24.5 Å². The van der Waals surface area contributed by atoms with E-state index in [-0.39, 0.29) is 17.7 Å². The third-order valence-corrected chi connectivity index (χ3v) is 2.97. The van der Waals surface area contributed by atoms with Crippen molar-refractivity contribution in [2.75, 3.05) is 6.54 Å². The molecule has 110 valence electrons. The molecule has 0 aliphatic rings. The van der Waals surface area contributed by atoms with Gasteiger partial charge in [0.05, 0.1) is 0 Å². The van der Waals surface area contributed by atoms with Crippen LogP contribution in [0.4, 0.5) is 0 Å². The average molecular weight is 277 g/mol. The second kappa shape index (κ2) is 8.30. The van der Waals surface area contributed by atoms with Gasteiger partial charge < -0.3 is 10.6 Å². The van der Waals surface area contributed by atoms with Gasteiger partial charge in [0.25, 0.3) is 0 Å². The summed E-state index contributed by atoms with van der Waals surface area (Å²) in [5.74, 6) is -0.243. The minimum atomic E-state index is -0.467. The number of nitrogens with zero attached hydrogens (tertiary/aromatic N) is 1. The molecule has 0 unspecified atom stereocenters. The molecule has 0 bridgehead atoms. The first-order chi connectivity index (χ1) is 9.50. The molecule has 2 amide bonds. The van der Waals surface area contributed by atoms with Gasteiger partial charge >= 0.3 is 0 Å². The lowest BCUT2D eigenvalue weighted by Crippen LogP contribution is -2.49. The van der Waals surface area contributed by atoms with Crippen molar-refractivity contribution in [2.24, 2.45) is 5.92 Å². The highest BCUT2D eigenvalue weighted by Gasteiger charge is 2.22. The Hall–Kier alpha value is -1.91. The molecule has 5 heteroatoms. The quantitative estimate of drug-likeness (QED) is 0.738. The molecule has 0 aromatic carbocycles. The molecular weight excluding hydrogens is 254 g/mol. The summed E-state index contributed by atoms with van der Waals surface area (Å²) in [6.07, 6.45) is 5.30. The minimum Gasteiger partial charge on any atom is -0.354 e. The van der Waals surface area contributed by atoms with E-state index in [0.717, 1.165) is 18.4 Å². The molecule has 1 aromatic rings. The number of aromatic nitrogens is 1. The maximum absolute atomic E-state index is 12.0. The second-order valence-corrected chi connectivity index (χ2v) is 5.18. The van der Waals surface area contributed by atoms with Crippen molar-refractivity contribution in [3.05, 3.63) is 30.1 Å². The SMILES string of the molecule is CC(=O)N[C@@H](C(=O)NCCCc1cccnc1)C(C)C. The molecule has 20 heavy (non-hydrogen) atoms. The van der Waals surface area contributed by atoms with Crippen LogP contribution in [-0.4, -0.2) is 29.4 Å². The first-order valence-corrected chi connectivity index (χ1v) is 6.94. The first-order valence-electron chi connectivity index (χ1n) is 6.94. The number of hydrogen-bond donors (Lipinski definition) is 2. The van der Waals surface area contributed by atoms with Crippen molar-refractivity contribution in [2.45, 2.75) is 39.7 Å². The maximum atomic E-state index is 12.0. The average Bonchev–Trinajstić information content (AvgIpc) is 2.41. The summed E-state index contributed by atoms with van der Waals surface area (Å²) in [5.41, 5.74) is 1.16. The Morgan fingerprint density at radius 2 is 2.10 bits per heavy atom. The molecule has 1 heterocycles. The molecular formula is C15H23N3O2. The molecule has 1 rings (SSSR count). The smallest absolute Gasteiger partial charge is 0.242 e. The van der Waals surface area contributed by atoms with Gasteiger partial charge in [-0.25, -0.2) is 0 Å². The van der Waals surface area contributed by atoms with Crippen molar-refractivity contribution in [1.82, 2.24) is 15.6 Å². The van der Waals surface area contributed by atoms with Gasteiger partial charge in [-0.2, -0.15) is 0 Å². The highest BCUT2D eigenvalue weighted by atomic mass is 16.2. The summed E-state index contributed by atoms with van der Waals surface area (Å²) in [4.78, 5) is 27.1. The Morgan fingerprint density at radius 3 is 2.65 bits per heavy atom. The van der Waals surface area contributed by atoms with Crippen molar-refractivity contribution in [3.8, 4) is 0 Å². The van der Waals surface area contributed by atoms with E-state index in [2.05, 4.69) is 15.6 Å². The van der Waals surface area contributed by atoms with Crippen molar-refractivity contribution in [3.63, 3.8) is 0 Å². The predicted molar refractivity (Wildman–Crippen MR) is 78.0 cm³/mol. The zero-order valence-electron chi connectivity index (χ0n) is 12.3. The summed E-state index contributed by atoms with van der Waals surface area (Å²) in [6, 6.07) is 3.45. The van der Waals surface area contributed by atoms with Gasteiger partial charge in [0.15, 0.2) is 0 Å². The highest BCUT2D eigenvalue weighted by molar-refractivity contribution is 5.86. The normalized spacial score (nSPS) is 12.0. The lowest BCUT2D eigenvalue weighted by molar-refractivity contribution is -0.129. The van der Waals surface area contributed by atoms with E-state index in [1.165, 1.54) is 6.92 Å². The number of carbonyl (C=O) groups excluding carboxylic acids is 2. The Kier molecular flexibility index (Phi) is 6.70. The van der Waals surface area contributed by atoms with Crippen LogP contribution < -0.4 is 10.6 Å². The van der Waals surface area contributed by atoms with Gasteiger partial charge in [0, 0.05) is 25.9 Å². The Balaban J connectivity index is 2.32. The lowest BCUT2D eigenvalue weighted by Gasteiger charge is -2.20. The second-order valence-electron chi connectivity index (χ2n) is 5.18. The van der Waals surface area contributed by atoms with Gasteiger partial charge in [0.2, 0.25) is 11.8 Å². The number of pyridine rings is 1. The standard InChI is InChI=1S/C15H23N3O2/c1-11(2)14(18-12(3)19)15(20)17-9-5-7-13-6-4-8-16-10-13/h4,6,8,10-11,14H,5,7,9H2,1-3H3,(H,17,20)(H,18,19)/t14-/m1/s1. The largest absolute Gasteiger partial charge is 0.354 e. The molecule has 0 saturated carbocycles. The molecule has 5 nitrogen and oxygen atoms in total. The van der Waals surface area contributed by atoms with Crippen molar-refractivity contribution < 1.29 is 9.59 Å². The third kappa shape index (κ3) is 5.82. The molecule has 0 radical (unpaired) electrons. The predicted octanol–water partition coefficient (Wildman–Crippen LogP) is 1.29. The highest BCUT2D eigenvalue weighted by Crippen LogP contribution is 2.03. The van der Waals surface area contributed by atoms with Gasteiger partial charge in [-0.15, -0.1) is 0 Å². The maximum Gasteiger partial charge on any atom is 0.242 e. The Labute approximate surface area is 120 Å². The Bertz CT molecular complexity index is 432. The van der Waals surface area contributed by atoms with Crippen LogP contribution in [0, 0.1) is 5.92 Å². The molecule has 0 aliphatic carbocycles. The fraction of sp³-hybridized carbons (Fsp3) is 0.533. The number of aryl methyl sites for hydroxylation is 1. The molecule has 0 spiro atoms.